The van der Waals surface area contributed by atoms with E-state index in [9.17, 15) is 4.79 Å². The lowest BCUT2D eigenvalue weighted by Crippen LogP contribution is -2.35. The van der Waals surface area contributed by atoms with Crippen molar-refractivity contribution < 1.29 is 4.79 Å². The SMILES string of the molecule is C[C@H](N)c1ccnc(N2CC(=O)Nc3ccccc32)c1. The molecule has 2 aromatic rings. The Morgan fingerprint density at radius 2 is 2.15 bits per heavy atom. The number of benzene rings is 1. The van der Waals surface area contributed by atoms with Gasteiger partial charge in [-0.15, -0.1) is 0 Å². The van der Waals surface area contributed by atoms with Crippen molar-refractivity contribution in [3.8, 4) is 0 Å². The zero-order valence-corrected chi connectivity index (χ0v) is 11.2. The molecule has 0 aliphatic carbocycles. The van der Waals surface area contributed by atoms with Gasteiger partial charge in [-0.2, -0.15) is 0 Å². The molecule has 5 nitrogen and oxygen atoms in total. The van der Waals surface area contributed by atoms with Gasteiger partial charge in [-0.1, -0.05) is 12.1 Å². The topological polar surface area (TPSA) is 71.2 Å². The first kappa shape index (κ1) is 12.6. The Labute approximate surface area is 117 Å². The van der Waals surface area contributed by atoms with Gasteiger partial charge in [-0.3, -0.25) is 4.79 Å². The molecular weight excluding hydrogens is 252 g/mol. The van der Waals surface area contributed by atoms with Crippen LogP contribution in [-0.4, -0.2) is 17.4 Å². The standard InChI is InChI=1S/C15H16N4O/c1-10(16)11-6-7-17-14(8-11)19-9-15(20)18-12-4-2-3-5-13(12)19/h2-8,10H,9,16H2,1H3,(H,18,20)/t10-/m0/s1. The molecule has 0 spiro atoms. The second kappa shape index (κ2) is 4.94. The molecule has 1 amide bonds. The molecule has 3 N–H and O–H groups in total. The molecule has 1 aliphatic rings. The van der Waals surface area contributed by atoms with E-state index in [-0.39, 0.29) is 18.5 Å². The summed E-state index contributed by atoms with van der Waals surface area (Å²) in [6.45, 7) is 2.18. The predicted molar refractivity (Wildman–Crippen MR) is 78.9 cm³/mol. The highest BCUT2D eigenvalue weighted by Gasteiger charge is 2.23. The van der Waals surface area contributed by atoms with E-state index < -0.39 is 0 Å². The number of aromatic nitrogens is 1. The average molecular weight is 268 g/mol. The lowest BCUT2D eigenvalue weighted by molar-refractivity contribution is -0.115. The molecule has 0 radical (unpaired) electrons. The normalized spacial score (nSPS) is 15.5. The number of hydrogen-bond donors (Lipinski definition) is 2. The van der Waals surface area contributed by atoms with E-state index in [4.69, 9.17) is 5.73 Å². The number of fused-ring (bicyclic) bond motifs is 1. The maximum Gasteiger partial charge on any atom is 0.244 e. The second-order valence-corrected chi connectivity index (χ2v) is 4.89. The fourth-order valence-corrected chi connectivity index (χ4v) is 2.30. The Kier molecular flexibility index (Phi) is 3.12. The molecule has 3 rings (SSSR count). The van der Waals surface area contributed by atoms with Crippen molar-refractivity contribution in [1.82, 2.24) is 4.98 Å². The van der Waals surface area contributed by atoms with E-state index in [0.717, 1.165) is 22.8 Å². The molecule has 0 saturated heterocycles. The number of para-hydroxylation sites is 2. The zero-order chi connectivity index (χ0) is 14.1. The van der Waals surface area contributed by atoms with Crippen molar-refractivity contribution in [2.75, 3.05) is 16.8 Å². The van der Waals surface area contributed by atoms with Crippen LogP contribution in [-0.2, 0) is 4.79 Å². The largest absolute Gasteiger partial charge is 0.324 e. The van der Waals surface area contributed by atoms with Crippen molar-refractivity contribution in [3.05, 3.63) is 48.2 Å². The van der Waals surface area contributed by atoms with Crippen LogP contribution < -0.4 is 16.0 Å². The van der Waals surface area contributed by atoms with Crippen LogP contribution in [0.4, 0.5) is 17.2 Å². The molecule has 1 aromatic carbocycles. The lowest BCUT2D eigenvalue weighted by atomic mass is 10.1. The molecule has 1 aromatic heterocycles. The van der Waals surface area contributed by atoms with Crippen LogP contribution in [0, 0.1) is 0 Å². The highest BCUT2D eigenvalue weighted by molar-refractivity contribution is 6.02. The number of pyridine rings is 1. The van der Waals surface area contributed by atoms with Crippen LogP contribution in [0.3, 0.4) is 0 Å². The van der Waals surface area contributed by atoms with E-state index >= 15 is 0 Å². The van der Waals surface area contributed by atoms with E-state index in [1.54, 1.807) is 6.20 Å². The van der Waals surface area contributed by atoms with Crippen LogP contribution in [0.25, 0.3) is 0 Å². The quantitative estimate of drug-likeness (QED) is 0.875. The molecule has 1 aliphatic heterocycles. The number of amides is 1. The first-order chi connectivity index (χ1) is 9.65. The van der Waals surface area contributed by atoms with Crippen LogP contribution in [0.2, 0.25) is 0 Å². The Bertz CT molecular complexity index is 654. The van der Waals surface area contributed by atoms with Gasteiger partial charge in [0.15, 0.2) is 0 Å². The van der Waals surface area contributed by atoms with Crippen molar-refractivity contribution in [2.45, 2.75) is 13.0 Å². The minimum atomic E-state index is -0.0642. The van der Waals surface area contributed by atoms with Crippen LogP contribution in [0.1, 0.15) is 18.5 Å². The highest BCUT2D eigenvalue weighted by Crippen LogP contribution is 2.34. The van der Waals surface area contributed by atoms with Gasteiger partial charge in [-0.25, -0.2) is 4.98 Å². The Morgan fingerprint density at radius 3 is 2.95 bits per heavy atom. The summed E-state index contributed by atoms with van der Waals surface area (Å²) >= 11 is 0. The third kappa shape index (κ3) is 2.23. The van der Waals surface area contributed by atoms with Gasteiger partial charge < -0.3 is 16.0 Å². The Balaban J connectivity index is 2.06. The molecule has 0 bridgehead atoms. The third-order valence-corrected chi connectivity index (χ3v) is 3.34. The van der Waals surface area contributed by atoms with Gasteiger partial charge in [0.1, 0.15) is 12.4 Å². The number of anilines is 3. The smallest absolute Gasteiger partial charge is 0.244 e. The van der Waals surface area contributed by atoms with Crippen molar-refractivity contribution in [1.29, 1.82) is 0 Å². The molecule has 102 valence electrons. The molecule has 0 unspecified atom stereocenters. The number of nitrogens with two attached hydrogens (primary N) is 1. The number of carbonyl (C=O) groups is 1. The zero-order valence-electron chi connectivity index (χ0n) is 11.2. The van der Waals surface area contributed by atoms with Crippen LogP contribution in [0.5, 0.6) is 0 Å². The first-order valence-corrected chi connectivity index (χ1v) is 6.53. The lowest BCUT2D eigenvalue weighted by Gasteiger charge is -2.30. The predicted octanol–water partition coefficient (Wildman–Crippen LogP) is 2.19. The van der Waals surface area contributed by atoms with E-state index in [2.05, 4.69) is 10.3 Å². The van der Waals surface area contributed by atoms with Gasteiger partial charge in [0, 0.05) is 12.2 Å². The van der Waals surface area contributed by atoms with Gasteiger partial charge >= 0.3 is 0 Å². The minimum Gasteiger partial charge on any atom is -0.324 e. The third-order valence-electron chi connectivity index (χ3n) is 3.34. The molecule has 1 atom stereocenters. The Morgan fingerprint density at radius 1 is 1.35 bits per heavy atom. The number of carbonyl (C=O) groups excluding carboxylic acids is 1. The number of nitrogens with zero attached hydrogens (tertiary/aromatic N) is 2. The van der Waals surface area contributed by atoms with E-state index in [1.807, 2.05) is 48.2 Å². The molecule has 5 heteroatoms. The highest BCUT2D eigenvalue weighted by atomic mass is 16.2. The number of rotatable bonds is 2. The van der Waals surface area contributed by atoms with Crippen molar-refractivity contribution in [3.63, 3.8) is 0 Å². The molecule has 2 heterocycles. The first-order valence-electron chi connectivity index (χ1n) is 6.53. The fraction of sp³-hybridized carbons (Fsp3) is 0.200. The summed E-state index contributed by atoms with van der Waals surface area (Å²) in [5.74, 6) is 0.693. The number of nitrogens with one attached hydrogen (secondary N) is 1. The summed E-state index contributed by atoms with van der Waals surface area (Å²) in [6.07, 6.45) is 1.73. The van der Waals surface area contributed by atoms with Gasteiger partial charge in [-0.05, 0) is 36.8 Å². The molecule has 20 heavy (non-hydrogen) atoms. The van der Waals surface area contributed by atoms with E-state index in [1.165, 1.54) is 0 Å². The second-order valence-electron chi connectivity index (χ2n) is 4.89. The summed E-state index contributed by atoms with van der Waals surface area (Å²) in [4.78, 5) is 18.1. The summed E-state index contributed by atoms with van der Waals surface area (Å²) in [5.41, 5.74) is 8.66. The van der Waals surface area contributed by atoms with Gasteiger partial charge in [0.05, 0.1) is 11.4 Å². The molecular formula is C15H16N4O. The summed E-state index contributed by atoms with van der Waals surface area (Å²) in [7, 11) is 0. The molecule has 0 saturated carbocycles. The monoisotopic (exact) mass is 268 g/mol. The average Bonchev–Trinajstić information content (AvgIpc) is 2.46. The maximum atomic E-state index is 11.8. The van der Waals surface area contributed by atoms with Crippen molar-refractivity contribution in [2.24, 2.45) is 5.73 Å². The van der Waals surface area contributed by atoms with Crippen LogP contribution >= 0.6 is 0 Å². The van der Waals surface area contributed by atoms with Gasteiger partial charge in [0.25, 0.3) is 0 Å². The molecule has 0 fully saturated rings. The summed E-state index contributed by atoms with van der Waals surface area (Å²) in [5, 5.41) is 2.86. The number of hydrogen-bond acceptors (Lipinski definition) is 4. The fourth-order valence-electron chi connectivity index (χ4n) is 2.30. The maximum absolute atomic E-state index is 11.8. The summed E-state index contributed by atoms with van der Waals surface area (Å²) < 4.78 is 0. The van der Waals surface area contributed by atoms with Crippen molar-refractivity contribution >= 4 is 23.1 Å². The van der Waals surface area contributed by atoms with Crippen LogP contribution in [0.15, 0.2) is 42.6 Å². The van der Waals surface area contributed by atoms with Gasteiger partial charge in [0.2, 0.25) is 5.91 Å². The summed E-state index contributed by atoms with van der Waals surface area (Å²) in [6, 6.07) is 11.5. The minimum absolute atomic E-state index is 0.0447. The Hall–Kier alpha value is -2.40. The van der Waals surface area contributed by atoms with E-state index in [0.29, 0.717) is 0 Å².